The van der Waals surface area contributed by atoms with Crippen molar-refractivity contribution in [1.82, 2.24) is 30.1 Å². The van der Waals surface area contributed by atoms with E-state index >= 15 is 0 Å². The third-order valence-corrected chi connectivity index (χ3v) is 7.40. The van der Waals surface area contributed by atoms with E-state index in [1.807, 2.05) is 19.0 Å². The van der Waals surface area contributed by atoms with Crippen molar-refractivity contribution in [2.75, 3.05) is 52.8 Å². The van der Waals surface area contributed by atoms with Gasteiger partial charge in [-0.2, -0.15) is 13.2 Å². The van der Waals surface area contributed by atoms with Crippen LogP contribution in [-0.2, 0) is 17.5 Å². The van der Waals surface area contributed by atoms with Gasteiger partial charge >= 0.3 is 12.2 Å². The predicted octanol–water partition coefficient (Wildman–Crippen LogP) is 5.02. The van der Waals surface area contributed by atoms with Gasteiger partial charge in [-0.05, 0) is 44.8 Å². The molecule has 4 aromatic rings. The van der Waals surface area contributed by atoms with Crippen molar-refractivity contribution >= 4 is 40.0 Å². The van der Waals surface area contributed by atoms with Crippen molar-refractivity contribution in [2.45, 2.75) is 19.6 Å². The summed E-state index contributed by atoms with van der Waals surface area (Å²) in [5.41, 5.74) is 0.216. The van der Waals surface area contributed by atoms with Crippen LogP contribution in [0.2, 0.25) is 0 Å². The molecular weight excluding hydrogens is 599 g/mol. The zero-order valence-electron chi connectivity index (χ0n) is 24.5. The Morgan fingerprint density at radius 2 is 1.93 bits per heavy atom. The van der Waals surface area contributed by atoms with Gasteiger partial charge < -0.3 is 24.8 Å². The van der Waals surface area contributed by atoms with Crippen LogP contribution in [-0.4, -0.2) is 78.8 Å². The quantitative estimate of drug-likeness (QED) is 0.211. The van der Waals surface area contributed by atoms with Crippen molar-refractivity contribution in [3.63, 3.8) is 0 Å². The number of rotatable bonds is 11. The summed E-state index contributed by atoms with van der Waals surface area (Å²) >= 11 is 0.803. The van der Waals surface area contributed by atoms with Gasteiger partial charge in [-0.3, -0.25) is 14.9 Å². The van der Waals surface area contributed by atoms with Gasteiger partial charge in [-0.25, -0.2) is 14.8 Å². The van der Waals surface area contributed by atoms with Crippen LogP contribution >= 0.6 is 11.3 Å². The minimum absolute atomic E-state index is 0. The number of carbonyl (C=O) groups is 2. The molecule has 15 heteroatoms. The van der Waals surface area contributed by atoms with E-state index in [2.05, 4.69) is 25.9 Å². The summed E-state index contributed by atoms with van der Waals surface area (Å²) in [6, 6.07) is 5.83. The van der Waals surface area contributed by atoms with Crippen LogP contribution in [0.5, 0.6) is 0 Å². The SMILES string of the molecule is CCNC(=O)Nc1cc(-c2nc(C(F)(F)F)cs2)c(-c2ccc3c(=O)c(C(=O)NCCN(C)C)cn(CCOC)c3c2)cn1.[HH].[HH].[HH]. The Hall–Kier alpha value is -4.34. The Morgan fingerprint density at radius 1 is 1.16 bits per heavy atom. The molecule has 0 aliphatic heterocycles. The van der Waals surface area contributed by atoms with Crippen LogP contribution in [0.15, 0.2) is 46.8 Å². The highest BCUT2D eigenvalue weighted by Gasteiger charge is 2.34. The molecule has 3 amide bonds. The number of likely N-dealkylation sites (N-methyl/N-ethyl adjacent to an activating group) is 1. The number of anilines is 1. The smallest absolute Gasteiger partial charge is 0.383 e. The first kappa shape index (κ1) is 32.6. The van der Waals surface area contributed by atoms with E-state index in [4.69, 9.17) is 4.74 Å². The standard InChI is InChI=1S/C29H32F3N7O4S.3H2/c1-5-33-28(42)37-24-13-19(27-36-23(16-44-27)29(30,31)32)20(14-35-24)17-6-7-18-22(12-17)39(10-11-43-4)15-21(25(18)40)26(41)34-8-9-38(2)3;;;/h6-7,12-16H,5,8-11H2,1-4H3,(H,34,41)(H2,33,35,37,42);3*1H. The number of hydrogen-bond donors (Lipinski definition) is 3. The number of carbonyl (C=O) groups excluding carboxylic acids is 2. The monoisotopic (exact) mass is 637 g/mol. The van der Waals surface area contributed by atoms with E-state index in [-0.39, 0.29) is 32.7 Å². The fraction of sp³-hybridized carbons (Fsp3) is 0.345. The number of pyridine rings is 2. The molecule has 1 aromatic carbocycles. The number of alkyl halides is 3. The van der Waals surface area contributed by atoms with Gasteiger partial charge in [0.2, 0.25) is 5.43 Å². The molecule has 240 valence electrons. The molecule has 3 aromatic heterocycles. The lowest BCUT2D eigenvalue weighted by molar-refractivity contribution is -0.140. The highest BCUT2D eigenvalue weighted by molar-refractivity contribution is 7.13. The molecular formula is C29H38F3N7O4S. The van der Waals surface area contributed by atoms with Crippen LogP contribution in [0, 0.1) is 0 Å². The first-order valence-corrected chi connectivity index (χ1v) is 14.5. The molecule has 0 bridgehead atoms. The van der Waals surface area contributed by atoms with Crippen LogP contribution in [0.1, 0.15) is 27.3 Å². The first-order chi connectivity index (χ1) is 20.9. The number of methoxy groups -OCH3 is 1. The van der Waals surface area contributed by atoms with Crippen molar-refractivity contribution in [3.8, 4) is 21.7 Å². The summed E-state index contributed by atoms with van der Waals surface area (Å²) in [6.07, 6.45) is -1.73. The fourth-order valence-electron chi connectivity index (χ4n) is 4.36. The number of hydrogen-bond acceptors (Lipinski definition) is 8. The Morgan fingerprint density at radius 3 is 2.59 bits per heavy atom. The third-order valence-electron chi connectivity index (χ3n) is 6.53. The predicted molar refractivity (Wildman–Crippen MR) is 169 cm³/mol. The Balaban J connectivity index is 0.00000368. The van der Waals surface area contributed by atoms with Crippen molar-refractivity contribution in [2.24, 2.45) is 0 Å². The molecule has 4 rings (SSSR count). The summed E-state index contributed by atoms with van der Waals surface area (Å²) < 4.78 is 47.2. The molecule has 3 N–H and O–H groups in total. The zero-order chi connectivity index (χ0) is 32.0. The van der Waals surface area contributed by atoms with E-state index in [0.717, 1.165) is 16.7 Å². The topological polar surface area (TPSA) is 130 Å². The molecule has 44 heavy (non-hydrogen) atoms. The number of benzene rings is 1. The van der Waals surface area contributed by atoms with Gasteiger partial charge in [0.1, 0.15) is 16.4 Å². The lowest BCUT2D eigenvalue weighted by Crippen LogP contribution is -2.34. The first-order valence-electron chi connectivity index (χ1n) is 13.6. The summed E-state index contributed by atoms with van der Waals surface area (Å²) in [5, 5.41) is 9.18. The van der Waals surface area contributed by atoms with Crippen molar-refractivity contribution in [1.29, 1.82) is 0 Å². The number of urea groups is 1. The van der Waals surface area contributed by atoms with Gasteiger partial charge in [-0.1, -0.05) is 6.07 Å². The molecule has 0 aliphatic rings. The number of thiazole rings is 1. The number of aromatic nitrogens is 3. The highest BCUT2D eigenvalue weighted by atomic mass is 32.1. The largest absolute Gasteiger partial charge is 0.434 e. The number of nitrogens with one attached hydrogen (secondary N) is 3. The normalized spacial score (nSPS) is 11.6. The molecule has 0 spiro atoms. The minimum Gasteiger partial charge on any atom is -0.383 e. The second-order valence-electron chi connectivity index (χ2n) is 9.98. The number of fused-ring (bicyclic) bond motifs is 1. The molecule has 11 nitrogen and oxygen atoms in total. The van der Waals surface area contributed by atoms with Crippen molar-refractivity contribution in [3.05, 3.63) is 63.5 Å². The zero-order valence-corrected chi connectivity index (χ0v) is 25.4. The van der Waals surface area contributed by atoms with E-state index in [1.54, 1.807) is 29.7 Å². The van der Waals surface area contributed by atoms with Crippen LogP contribution in [0.4, 0.5) is 23.8 Å². The molecule has 0 unspecified atom stereocenters. The van der Waals surface area contributed by atoms with Crippen LogP contribution < -0.4 is 21.4 Å². The molecule has 0 saturated carbocycles. The average molecular weight is 638 g/mol. The Kier molecular flexibility index (Phi) is 10.3. The second kappa shape index (κ2) is 14.0. The minimum atomic E-state index is -4.64. The molecule has 3 heterocycles. The number of nitrogens with zero attached hydrogens (tertiary/aromatic N) is 4. The Labute approximate surface area is 259 Å². The summed E-state index contributed by atoms with van der Waals surface area (Å²) in [5.74, 6) is -0.388. The maximum atomic E-state index is 13.4. The van der Waals surface area contributed by atoms with Crippen LogP contribution in [0.25, 0.3) is 32.6 Å². The summed E-state index contributed by atoms with van der Waals surface area (Å²) in [4.78, 5) is 48.5. The Bertz CT molecular complexity index is 1740. The third kappa shape index (κ3) is 7.59. The van der Waals surface area contributed by atoms with Gasteiger partial charge in [0.15, 0.2) is 5.69 Å². The van der Waals surface area contributed by atoms with E-state index in [0.29, 0.717) is 48.4 Å². The maximum Gasteiger partial charge on any atom is 0.434 e. The second-order valence-corrected chi connectivity index (χ2v) is 10.8. The lowest BCUT2D eigenvalue weighted by Gasteiger charge is -2.16. The molecule has 0 fully saturated rings. The fourth-order valence-corrected chi connectivity index (χ4v) is 5.22. The number of amides is 3. The average Bonchev–Trinajstić information content (AvgIpc) is 3.48. The lowest BCUT2D eigenvalue weighted by atomic mass is 9.99. The van der Waals surface area contributed by atoms with Crippen LogP contribution in [0.3, 0.4) is 0 Å². The van der Waals surface area contributed by atoms with Gasteiger partial charge in [0.05, 0.1) is 12.1 Å². The summed E-state index contributed by atoms with van der Waals surface area (Å²) in [7, 11) is 5.27. The van der Waals surface area contributed by atoms with E-state index in [1.165, 1.54) is 25.6 Å². The maximum absolute atomic E-state index is 13.4. The van der Waals surface area contributed by atoms with Gasteiger partial charge in [-0.15, -0.1) is 11.3 Å². The van der Waals surface area contributed by atoms with Gasteiger partial charge in [0.25, 0.3) is 5.91 Å². The molecule has 0 radical (unpaired) electrons. The molecule has 0 atom stereocenters. The highest BCUT2D eigenvalue weighted by Crippen LogP contribution is 2.39. The number of halogens is 3. The molecule has 0 aliphatic carbocycles. The summed E-state index contributed by atoms with van der Waals surface area (Å²) in [6.45, 7) is 3.65. The van der Waals surface area contributed by atoms with Gasteiger partial charge in [0, 0.05) is 71.9 Å². The van der Waals surface area contributed by atoms with Crippen molar-refractivity contribution < 1.29 is 31.8 Å². The molecule has 0 saturated heterocycles. The van der Waals surface area contributed by atoms with E-state index in [9.17, 15) is 27.6 Å². The van der Waals surface area contributed by atoms with E-state index < -0.39 is 29.2 Å². The number of ether oxygens (including phenoxy) is 1.